The maximum absolute atomic E-state index is 11.5. The Morgan fingerprint density at radius 3 is 3.07 bits per heavy atom. The number of aryl methyl sites for hydroxylation is 1. The van der Waals surface area contributed by atoms with E-state index in [2.05, 4.69) is 14.9 Å². The number of hydrogen-bond donors (Lipinski definition) is 1. The summed E-state index contributed by atoms with van der Waals surface area (Å²) in [4.78, 5) is 15.9. The normalized spacial score (nSPS) is 19.9. The van der Waals surface area contributed by atoms with Gasteiger partial charge in [-0.05, 0) is 25.7 Å². The first kappa shape index (κ1) is 8.03. The highest BCUT2D eigenvalue weighted by atomic mass is 16.2. The fraction of sp³-hybridized carbons (Fsp3) is 0.600. The van der Waals surface area contributed by atoms with Crippen LogP contribution < -0.4 is 5.32 Å². The van der Waals surface area contributed by atoms with Gasteiger partial charge in [0.25, 0.3) is 5.91 Å². The van der Waals surface area contributed by atoms with Crippen molar-refractivity contribution in [3.63, 3.8) is 0 Å². The van der Waals surface area contributed by atoms with Gasteiger partial charge in [0.2, 0.25) is 0 Å². The molecule has 1 amide bonds. The Kier molecular flexibility index (Phi) is 1.63. The van der Waals surface area contributed by atoms with Crippen molar-refractivity contribution in [2.75, 3.05) is 6.54 Å². The van der Waals surface area contributed by atoms with Crippen LogP contribution in [0.2, 0.25) is 0 Å². The van der Waals surface area contributed by atoms with E-state index in [1.54, 1.807) is 0 Å². The number of imidazole rings is 1. The summed E-state index contributed by atoms with van der Waals surface area (Å²) < 4.78 is 2.10. The molecule has 3 rings (SSSR count). The molecule has 0 atom stereocenters. The third-order valence-corrected chi connectivity index (χ3v) is 3.06. The quantitative estimate of drug-likeness (QED) is 0.649. The van der Waals surface area contributed by atoms with Crippen LogP contribution in [0.25, 0.3) is 0 Å². The van der Waals surface area contributed by atoms with E-state index >= 15 is 0 Å². The van der Waals surface area contributed by atoms with Crippen molar-refractivity contribution in [2.45, 2.75) is 32.2 Å². The molecule has 1 aromatic rings. The molecular weight excluding hydrogens is 178 g/mol. The lowest BCUT2D eigenvalue weighted by atomic mass is 10.0. The highest BCUT2D eigenvalue weighted by Crippen LogP contribution is 2.23. The number of amides is 1. The zero-order valence-corrected chi connectivity index (χ0v) is 8.05. The summed E-state index contributed by atoms with van der Waals surface area (Å²) in [5.41, 5.74) is 2.46. The minimum atomic E-state index is -0.00866. The van der Waals surface area contributed by atoms with Crippen LogP contribution in [0.3, 0.4) is 0 Å². The Morgan fingerprint density at radius 1 is 1.29 bits per heavy atom. The van der Waals surface area contributed by atoms with Crippen LogP contribution >= 0.6 is 0 Å². The summed E-state index contributed by atoms with van der Waals surface area (Å²) in [6, 6.07) is 0. The molecule has 2 heterocycles. The Balaban J connectivity index is 2.15. The van der Waals surface area contributed by atoms with Gasteiger partial charge in [-0.3, -0.25) is 4.79 Å². The molecule has 0 aromatic carbocycles. The fourth-order valence-corrected chi connectivity index (χ4v) is 2.38. The molecule has 14 heavy (non-hydrogen) atoms. The van der Waals surface area contributed by atoms with Gasteiger partial charge in [-0.15, -0.1) is 0 Å². The van der Waals surface area contributed by atoms with E-state index in [1.165, 1.54) is 18.5 Å². The summed E-state index contributed by atoms with van der Waals surface area (Å²) in [7, 11) is 0. The molecule has 0 unspecified atom stereocenters. The van der Waals surface area contributed by atoms with Crippen LogP contribution in [0.5, 0.6) is 0 Å². The number of carbonyl (C=O) groups excluding carboxylic acids is 1. The van der Waals surface area contributed by atoms with Crippen molar-refractivity contribution in [3.05, 3.63) is 17.2 Å². The van der Waals surface area contributed by atoms with Gasteiger partial charge in [0.1, 0.15) is 0 Å². The molecule has 0 spiro atoms. The zero-order valence-electron chi connectivity index (χ0n) is 8.05. The summed E-state index contributed by atoms with van der Waals surface area (Å²) in [5, 5.41) is 2.83. The molecule has 0 saturated heterocycles. The van der Waals surface area contributed by atoms with Gasteiger partial charge < -0.3 is 9.88 Å². The van der Waals surface area contributed by atoms with E-state index in [0.717, 1.165) is 31.6 Å². The summed E-state index contributed by atoms with van der Waals surface area (Å²) >= 11 is 0. The summed E-state index contributed by atoms with van der Waals surface area (Å²) in [6.45, 7) is 1.64. The van der Waals surface area contributed by atoms with Crippen LogP contribution in [0.4, 0.5) is 0 Å². The summed E-state index contributed by atoms with van der Waals surface area (Å²) in [5.74, 6) is 0.619. The van der Waals surface area contributed by atoms with E-state index < -0.39 is 0 Å². The third kappa shape index (κ3) is 0.997. The van der Waals surface area contributed by atoms with Crippen molar-refractivity contribution in [3.8, 4) is 0 Å². The molecule has 0 fully saturated rings. The second kappa shape index (κ2) is 2.83. The maximum Gasteiger partial charge on any atom is 0.287 e. The van der Waals surface area contributed by atoms with Crippen LogP contribution in [0.15, 0.2) is 0 Å². The molecule has 2 aliphatic rings. The Labute approximate surface area is 82.3 Å². The van der Waals surface area contributed by atoms with E-state index in [9.17, 15) is 4.79 Å². The number of fused-ring (bicyclic) bond motifs is 3. The minimum Gasteiger partial charge on any atom is -0.348 e. The molecule has 0 bridgehead atoms. The molecule has 0 saturated carbocycles. The van der Waals surface area contributed by atoms with E-state index in [-0.39, 0.29) is 5.91 Å². The molecule has 74 valence electrons. The molecule has 0 radical (unpaired) electrons. The lowest BCUT2D eigenvalue weighted by Crippen LogP contribution is -2.36. The van der Waals surface area contributed by atoms with Crippen molar-refractivity contribution < 1.29 is 4.79 Å². The van der Waals surface area contributed by atoms with E-state index in [0.29, 0.717) is 5.82 Å². The number of aromatic nitrogens is 2. The number of nitrogens with one attached hydrogen (secondary N) is 1. The molecule has 1 aromatic heterocycles. The van der Waals surface area contributed by atoms with Crippen molar-refractivity contribution in [1.29, 1.82) is 0 Å². The first-order chi connectivity index (χ1) is 6.86. The standard InChI is InChI=1S/C10H13N3O/c14-10-9-12-7-3-1-2-4-8(7)13(9)6-5-11-10/h1-6H2,(H,11,14). The Bertz CT molecular complexity index is 394. The molecule has 1 N–H and O–H groups in total. The van der Waals surface area contributed by atoms with Crippen molar-refractivity contribution in [1.82, 2.24) is 14.9 Å². The molecule has 4 heteroatoms. The van der Waals surface area contributed by atoms with Gasteiger partial charge in [-0.25, -0.2) is 4.98 Å². The Hall–Kier alpha value is -1.32. The van der Waals surface area contributed by atoms with Gasteiger partial charge in [0.05, 0.1) is 5.69 Å². The fourth-order valence-electron chi connectivity index (χ4n) is 2.38. The average Bonchev–Trinajstić information content (AvgIpc) is 2.59. The number of nitrogens with zero attached hydrogens (tertiary/aromatic N) is 2. The summed E-state index contributed by atoms with van der Waals surface area (Å²) in [6.07, 6.45) is 4.59. The monoisotopic (exact) mass is 191 g/mol. The molecule has 4 nitrogen and oxygen atoms in total. The van der Waals surface area contributed by atoms with Crippen LogP contribution in [-0.2, 0) is 19.4 Å². The SMILES string of the molecule is O=C1NCCn2c1nc1c2CCCC1. The maximum atomic E-state index is 11.5. The Morgan fingerprint density at radius 2 is 2.14 bits per heavy atom. The smallest absolute Gasteiger partial charge is 0.287 e. The average molecular weight is 191 g/mol. The second-order valence-corrected chi connectivity index (χ2v) is 3.94. The highest BCUT2D eigenvalue weighted by molar-refractivity contribution is 5.91. The largest absolute Gasteiger partial charge is 0.348 e. The lowest BCUT2D eigenvalue weighted by molar-refractivity contribution is 0.0921. The van der Waals surface area contributed by atoms with Crippen LogP contribution in [-0.4, -0.2) is 22.0 Å². The zero-order chi connectivity index (χ0) is 9.54. The van der Waals surface area contributed by atoms with E-state index in [1.807, 2.05) is 0 Å². The van der Waals surface area contributed by atoms with Gasteiger partial charge >= 0.3 is 0 Å². The van der Waals surface area contributed by atoms with Gasteiger partial charge in [-0.1, -0.05) is 0 Å². The minimum absolute atomic E-state index is 0.00866. The van der Waals surface area contributed by atoms with Crippen LogP contribution in [0.1, 0.15) is 34.8 Å². The first-order valence-electron chi connectivity index (χ1n) is 5.23. The van der Waals surface area contributed by atoms with Gasteiger partial charge in [0.15, 0.2) is 5.82 Å². The third-order valence-electron chi connectivity index (χ3n) is 3.06. The van der Waals surface area contributed by atoms with Gasteiger partial charge in [-0.2, -0.15) is 0 Å². The van der Waals surface area contributed by atoms with Crippen molar-refractivity contribution >= 4 is 5.91 Å². The predicted octanol–water partition coefficient (Wildman–Crippen LogP) is 0.505. The van der Waals surface area contributed by atoms with Crippen LogP contribution in [0, 0.1) is 0 Å². The number of rotatable bonds is 0. The molecular formula is C10H13N3O. The predicted molar refractivity (Wildman–Crippen MR) is 51.2 cm³/mol. The number of hydrogen-bond acceptors (Lipinski definition) is 2. The number of carbonyl (C=O) groups is 1. The van der Waals surface area contributed by atoms with E-state index in [4.69, 9.17) is 0 Å². The highest BCUT2D eigenvalue weighted by Gasteiger charge is 2.25. The lowest BCUT2D eigenvalue weighted by Gasteiger charge is -2.18. The topological polar surface area (TPSA) is 46.9 Å². The first-order valence-corrected chi connectivity index (χ1v) is 5.23. The molecule has 1 aliphatic heterocycles. The van der Waals surface area contributed by atoms with Gasteiger partial charge in [0, 0.05) is 18.8 Å². The van der Waals surface area contributed by atoms with Crippen molar-refractivity contribution in [2.24, 2.45) is 0 Å². The second-order valence-electron chi connectivity index (χ2n) is 3.94. The molecule has 1 aliphatic carbocycles.